The Labute approximate surface area is 114 Å². The highest BCUT2D eigenvalue weighted by Gasteiger charge is 2.13. The van der Waals surface area contributed by atoms with E-state index < -0.39 is 0 Å². The fourth-order valence-electron chi connectivity index (χ4n) is 1.45. The summed E-state index contributed by atoms with van der Waals surface area (Å²) in [6.07, 6.45) is 4.04. The molecular weight excluding hydrogens is 275 g/mol. The Morgan fingerprint density at radius 3 is 2.83 bits per heavy atom. The zero-order valence-electron chi connectivity index (χ0n) is 9.57. The fourth-order valence-corrected chi connectivity index (χ4v) is 1.92. The summed E-state index contributed by atoms with van der Waals surface area (Å²) in [5.41, 5.74) is 5.88. The van der Waals surface area contributed by atoms with Crippen molar-refractivity contribution in [1.29, 1.82) is 0 Å². The lowest BCUT2D eigenvalue weighted by Gasteiger charge is -1.97. The molecule has 2 rings (SSSR count). The SMILES string of the molecule is NCCCCc1nc(-c2ncc(Cl)cc2Cl)no1. The third-order valence-electron chi connectivity index (χ3n) is 2.33. The highest BCUT2D eigenvalue weighted by atomic mass is 35.5. The van der Waals surface area contributed by atoms with Gasteiger partial charge in [0.1, 0.15) is 5.69 Å². The molecule has 2 heterocycles. The van der Waals surface area contributed by atoms with Crippen LogP contribution in [0.3, 0.4) is 0 Å². The van der Waals surface area contributed by atoms with Gasteiger partial charge >= 0.3 is 0 Å². The molecule has 5 nitrogen and oxygen atoms in total. The number of nitrogens with zero attached hydrogens (tertiary/aromatic N) is 3. The molecule has 0 radical (unpaired) electrons. The molecule has 0 fully saturated rings. The normalized spacial score (nSPS) is 10.8. The van der Waals surface area contributed by atoms with Crippen molar-refractivity contribution >= 4 is 23.2 Å². The number of pyridine rings is 1. The maximum Gasteiger partial charge on any atom is 0.227 e. The van der Waals surface area contributed by atoms with Gasteiger partial charge in [0.2, 0.25) is 11.7 Å². The van der Waals surface area contributed by atoms with Crippen LogP contribution in [0.2, 0.25) is 10.0 Å². The van der Waals surface area contributed by atoms with Crippen LogP contribution in [0, 0.1) is 0 Å². The van der Waals surface area contributed by atoms with Crippen molar-refractivity contribution in [2.24, 2.45) is 5.73 Å². The minimum Gasteiger partial charge on any atom is -0.339 e. The maximum atomic E-state index is 6.01. The second kappa shape index (κ2) is 6.13. The first kappa shape index (κ1) is 13.3. The summed E-state index contributed by atoms with van der Waals surface area (Å²) in [6, 6.07) is 1.59. The minimum atomic E-state index is 0.374. The van der Waals surface area contributed by atoms with Crippen LogP contribution >= 0.6 is 23.2 Å². The van der Waals surface area contributed by atoms with Gasteiger partial charge in [-0.2, -0.15) is 4.98 Å². The van der Waals surface area contributed by atoms with Gasteiger partial charge in [0.25, 0.3) is 0 Å². The van der Waals surface area contributed by atoms with Crippen LogP contribution in [0.5, 0.6) is 0 Å². The van der Waals surface area contributed by atoms with Crippen LogP contribution in [0.1, 0.15) is 18.7 Å². The van der Waals surface area contributed by atoms with Crippen LogP contribution in [0.4, 0.5) is 0 Å². The molecule has 0 unspecified atom stereocenters. The van der Waals surface area contributed by atoms with E-state index in [1.165, 1.54) is 6.20 Å². The number of aromatic nitrogens is 3. The van der Waals surface area contributed by atoms with Gasteiger partial charge in [0, 0.05) is 12.6 Å². The number of aryl methyl sites for hydroxylation is 1. The lowest BCUT2D eigenvalue weighted by atomic mass is 10.2. The summed E-state index contributed by atoms with van der Waals surface area (Å²) in [7, 11) is 0. The molecular formula is C11H12Cl2N4O. The zero-order chi connectivity index (χ0) is 13.0. The molecule has 2 N–H and O–H groups in total. The largest absolute Gasteiger partial charge is 0.339 e. The van der Waals surface area contributed by atoms with Crippen molar-refractivity contribution < 1.29 is 4.52 Å². The second-order valence-electron chi connectivity index (χ2n) is 3.74. The molecule has 0 amide bonds. The first-order valence-electron chi connectivity index (χ1n) is 5.55. The van der Waals surface area contributed by atoms with Gasteiger partial charge < -0.3 is 10.3 Å². The van der Waals surface area contributed by atoms with Crippen molar-refractivity contribution in [2.45, 2.75) is 19.3 Å². The number of unbranched alkanes of at least 4 members (excludes halogenated alkanes) is 1. The summed E-state index contributed by atoms with van der Waals surface area (Å²) in [5.74, 6) is 0.936. The van der Waals surface area contributed by atoms with E-state index in [1.807, 2.05) is 0 Å². The van der Waals surface area contributed by atoms with Gasteiger partial charge in [-0.3, -0.25) is 0 Å². The van der Waals surface area contributed by atoms with Gasteiger partial charge in [0.15, 0.2) is 0 Å². The van der Waals surface area contributed by atoms with E-state index in [-0.39, 0.29) is 0 Å². The maximum absolute atomic E-state index is 6.01. The van der Waals surface area contributed by atoms with Crippen LogP contribution in [-0.4, -0.2) is 21.7 Å². The van der Waals surface area contributed by atoms with Gasteiger partial charge in [0.05, 0.1) is 10.0 Å². The summed E-state index contributed by atoms with van der Waals surface area (Å²) < 4.78 is 5.12. The van der Waals surface area contributed by atoms with E-state index in [0.717, 1.165) is 12.8 Å². The Morgan fingerprint density at radius 1 is 1.28 bits per heavy atom. The molecule has 0 aromatic carbocycles. The van der Waals surface area contributed by atoms with Gasteiger partial charge in [-0.1, -0.05) is 28.4 Å². The molecule has 18 heavy (non-hydrogen) atoms. The number of nitrogens with two attached hydrogens (primary N) is 1. The summed E-state index contributed by atoms with van der Waals surface area (Å²) in [5, 5.41) is 4.72. The molecule has 0 bridgehead atoms. The number of halogens is 2. The molecule has 0 saturated carbocycles. The van der Waals surface area contributed by atoms with Crippen LogP contribution in [0.25, 0.3) is 11.5 Å². The summed E-state index contributed by atoms with van der Waals surface area (Å²) >= 11 is 11.8. The molecule has 2 aromatic heterocycles. The number of hydrogen-bond donors (Lipinski definition) is 1. The Morgan fingerprint density at radius 2 is 2.11 bits per heavy atom. The molecule has 0 aliphatic rings. The van der Waals surface area contributed by atoms with Crippen molar-refractivity contribution in [3.8, 4) is 11.5 Å². The van der Waals surface area contributed by atoms with E-state index in [2.05, 4.69) is 15.1 Å². The first-order valence-corrected chi connectivity index (χ1v) is 6.30. The minimum absolute atomic E-state index is 0.374. The lowest BCUT2D eigenvalue weighted by molar-refractivity contribution is 0.375. The van der Waals surface area contributed by atoms with Gasteiger partial charge in [-0.15, -0.1) is 0 Å². The van der Waals surface area contributed by atoms with Crippen molar-refractivity contribution in [3.05, 3.63) is 28.2 Å². The third kappa shape index (κ3) is 3.19. The van der Waals surface area contributed by atoms with Gasteiger partial charge in [-0.25, -0.2) is 4.98 Å². The predicted octanol–water partition coefficient (Wildman–Crippen LogP) is 2.72. The van der Waals surface area contributed by atoms with Crippen molar-refractivity contribution in [2.75, 3.05) is 6.54 Å². The highest BCUT2D eigenvalue weighted by molar-refractivity contribution is 6.35. The zero-order valence-corrected chi connectivity index (χ0v) is 11.1. The highest BCUT2D eigenvalue weighted by Crippen LogP contribution is 2.25. The fraction of sp³-hybridized carbons (Fsp3) is 0.364. The van der Waals surface area contributed by atoms with Gasteiger partial charge in [-0.05, 0) is 25.5 Å². The van der Waals surface area contributed by atoms with Crippen molar-refractivity contribution in [3.63, 3.8) is 0 Å². The average Bonchev–Trinajstić information content (AvgIpc) is 2.78. The van der Waals surface area contributed by atoms with E-state index in [9.17, 15) is 0 Å². The molecule has 0 aliphatic heterocycles. The first-order chi connectivity index (χ1) is 8.70. The molecule has 0 spiro atoms. The monoisotopic (exact) mass is 286 g/mol. The summed E-state index contributed by atoms with van der Waals surface area (Å²) in [6.45, 7) is 0.658. The topological polar surface area (TPSA) is 77.8 Å². The molecule has 2 aromatic rings. The molecule has 0 aliphatic carbocycles. The second-order valence-corrected chi connectivity index (χ2v) is 4.59. The molecule has 0 atom stereocenters. The predicted molar refractivity (Wildman–Crippen MR) is 69.5 cm³/mol. The Kier molecular flexibility index (Phi) is 4.52. The Balaban J connectivity index is 2.13. The average molecular weight is 287 g/mol. The third-order valence-corrected chi connectivity index (χ3v) is 2.83. The quantitative estimate of drug-likeness (QED) is 0.855. The van der Waals surface area contributed by atoms with E-state index in [0.29, 0.717) is 40.4 Å². The lowest BCUT2D eigenvalue weighted by Crippen LogP contribution is -1.99. The Hall–Kier alpha value is -1.17. The van der Waals surface area contributed by atoms with Crippen molar-refractivity contribution in [1.82, 2.24) is 15.1 Å². The molecule has 7 heteroatoms. The smallest absolute Gasteiger partial charge is 0.227 e. The summed E-state index contributed by atoms with van der Waals surface area (Å²) in [4.78, 5) is 8.32. The Bertz CT molecular complexity index is 530. The number of rotatable bonds is 5. The molecule has 96 valence electrons. The molecule has 0 saturated heterocycles. The van der Waals surface area contributed by atoms with Crippen LogP contribution < -0.4 is 5.73 Å². The van der Waals surface area contributed by atoms with E-state index in [4.69, 9.17) is 33.5 Å². The van der Waals surface area contributed by atoms with E-state index >= 15 is 0 Å². The standard InChI is InChI=1S/C11H12Cl2N4O/c12-7-5-8(13)10(15-6-7)11-16-9(18-17-11)3-1-2-4-14/h5-6H,1-4,14H2. The van der Waals surface area contributed by atoms with Crippen LogP contribution in [0.15, 0.2) is 16.8 Å². The number of hydrogen-bond acceptors (Lipinski definition) is 5. The van der Waals surface area contributed by atoms with E-state index in [1.54, 1.807) is 6.07 Å². The van der Waals surface area contributed by atoms with Crippen LogP contribution in [-0.2, 0) is 6.42 Å².